The van der Waals surface area contributed by atoms with E-state index >= 15 is 0 Å². The molecule has 6 rings (SSSR count). The summed E-state index contributed by atoms with van der Waals surface area (Å²) in [5.41, 5.74) is 5.87. The van der Waals surface area contributed by atoms with Crippen LogP contribution in [-0.2, 0) is 0 Å². The van der Waals surface area contributed by atoms with Crippen LogP contribution in [0.25, 0.3) is 50.0 Å². The molecule has 0 atom stereocenters. The van der Waals surface area contributed by atoms with E-state index < -0.39 is 0 Å². The number of rotatable bonds is 2. The molecule has 0 N–H and O–H groups in total. The molecule has 6 aromatic rings. The number of para-hydroxylation sites is 2. The zero-order valence-electron chi connectivity index (χ0n) is 16.1. The highest BCUT2D eigenvalue weighted by Gasteiger charge is 2.20. The number of aryl methyl sites for hydroxylation is 1. The third-order valence-corrected chi connectivity index (χ3v) is 5.47. The molecular weight excluding hydrogens is 377 g/mol. The van der Waals surface area contributed by atoms with E-state index in [9.17, 15) is 4.39 Å². The molecule has 0 saturated carbocycles. The van der Waals surface area contributed by atoms with Gasteiger partial charge in [0.05, 0.1) is 22.8 Å². The van der Waals surface area contributed by atoms with Crippen LogP contribution in [0.1, 0.15) is 5.56 Å². The van der Waals surface area contributed by atoms with Crippen molar-refractivity contribution in [3.63, 3.8) is 0 Å². The van der Waals surface area contributed by atoms with Gasteiger partial charge in [0.15, 0.2) is 0 Å². The molecule has 0 spiro atoms. The molecular formula is C25H16FN3O. The van der Waals surface area contributed by atoms with Crippen molar-refractivity contribution >= 4 is 33.0 Å². The Morgan fingerprint density at radius 1 is 0.900 bits per heavy atom. The minimum absolute atomic E-state index is 0.318. The van der Waals surface area contributed by atoms with Crippen LogP contribution in [0.3, 0.4) is 0 Å². The highest BCUT2D eigenvalue weighted by Crippen LogP contribution is 2.38. The van der Waals surface area contributed by atoms with E-state index in [1.807, 2.05) is 67.8 Å². The minimum atomic E-state index is -0.318. The summed E-state index contributed by atoms with van der Waals surface area (Å²) in [6.45, 7) is 2.01. The summed E-state index contributed by atoms with van der Waals surface area (Å²) in [6.07, 6.45) is 3.65. The minimum Gasteiger partial charge on any atom is -0.455 e. The summed E-state index contributed by atoms with van der Waals surface area (Å²) < 4.78 is 22.0. The van der Waals surface area contributed by atoms with Crippen LogP contribution in [0.5, 0.6) is 0 Å². The van der Waals surface area contributed by atoms with Crippen molar-refractivity contribution in [3.05, 3.63) is 90.5 Å². The maximum Gasteiger partial charge on any atom is 0.149 e. The van der Waals surface area contributed by atoms with Crippen molar-refractivity contribution < 1.29 is 8.81 Å². The summed E-state index contributed by atoms with van der Waals surface area (Å²) in [4.78, 5) is 9.37. The van der Waals surface area contributed by atoms with Crippen molar-refractivity contribution in [2.45, 2.75) is 6.92 Å². The van der Waals surface area contributed by atoms with Gasteiger partial charge in [-0.25, -0.2) is 9.37 Å². The Bertz CT molecular complexity index is 1560. The van der Waals surface area contributed by atoms with E-state index in [4.69, 9.17) is 9.40 Å². The SMILES string of the molecule is Cc1cncc2c1nc(-c1cccc3c1oc1cc(F)ccc13)n2-c1ccccc1. The molecule has 0 saturated heterocycles. The van der Waals surface area contributed by atoms with Crippen LogP contribution in [0.4, 0.5) is 4.39 Å². The van der Waals surface area contributed by atoms with Gasteiger partial charge in [0.1, 0.15) is 22.8 Å². The zero-order valence-corrected chi connectivity index (χ0v) is 16.1. The second kappa shape index (κ2) is 6.26. The quantitative estimate of drug-likeness (QED) is 0.340. The fourth-order valence-electron chi connectivity index (χ4n) is 4.09. The third-order valence-electron chi connectivity index (χ3n) is 5.47. The van der Waals surface area contributed by atoms with Crippen molar-refractivity contribution in [1.82, 2.24) is 14.5 Å². The van der Waals surface area contributed by atoms with Gasteiger partial charge < -0.3 is 4.42 Å². The average Bonchev–Trinajstić information content (AvgIpc) is 3.33. The molecule has 0 aliphatic heterocycles. The van der Waals surface area contributed by atoms with Crippen molar-refractivity contribution in [3.8, 4) is 17.1 Å². The lowest BCUT2D eigenvalue weighted by atomic mass is 10.1. The summed E-state index contributed by atoms with van der Waals surface area (Å²) in [5.74, 6) is 0.443. The lowest BCUT2D eigenvalue weighted by molar-refractivity contribution is 0.618. The van der Waals surface area contributed by atoms with E-state index in [0.29, 0.717) is 11.2 Å². The molecule has 30 heavy (non-hydrogen) atoms. The Kier molecular flexibility index (Phi) is 3.53. The molecule has 144 valence electrons. The predicted molar refractivity (Wildman–Crippen MR) is 116 cm³/mol. The predicted octanol–water partition coefficient (Wildman–Crippen LogP) is 6.43. The number of halogens is 1. The van der Waals surface area contributed by atoms with Crippen LogP contribution in [0.2, 0.25) is 0 Å². The second-order valence-corrected chi connectivity index (χ2v) is 7.36. The molecule has 0 bridgehead atoms. The van der Waals surface area contributed by atoms with Gasteiger partial charge in [-0.1, -0.05) is 30.3 Å². The average molecular weight is 393 g/mol. The largest absolute Gasteiger partial charge is 0.455 e. The maximum absolute atomic E-state index is 13.8. The number of hydrogen-bond donors (Lipinski definition) is 0. The molecule has 3 aromatic carbocycles. The van der Waals surface area contributed by atoms with Gasteiger partial charge in [-0.3, -0.25) is 9.55 Å². The van der Waals surface area contributed by atoms with E-state index in [-0.39, 0.29) is 5.82 Å². The first-order valence-electron chi connectivity index (χ1n) is 9.70. The van der Waals surface area contributed by atoms with Crippen LogP contribution >= 0.6 is 0 Å². The van der Waals surface area contributed by atoms with E-state index in [2.05, 4.69) is 9.55 Å². The van der Waals surface area contributed by atoms with Gasteiger partial charge in [-0.2, -0.15) is 0 Å². The molecule has 3 aromatic heterocycles. The Hall–Kier alpha value is -3.99. The summed E-state index contributed by atoms with van der Waals surface area (Å²) in [5, 5.41) is 1.82. The maximum atomic E-state index is 13.8. The van der Waals surface area contributed by atoms with Crippen LogP contribution in [0, 0.1) is 12.7 Å². The van der Waals surface area contributed by atoms with Gasteiger partial charge in [0, 0.05) is 28.7 Å². The monoisotopic (exact) mass is 393 g/mol. The standard InChI is InChI=1S/C25H16FN3O/c1-15-13-27-14-21-23(15)28-25(29(21)17-6-3-2-4-7-17)20-9-5-8-19-18-11-10-16(26)12-22(18)30-24(19)20/h2-14H,1H3. The van der Waals surface area contributed by atoms with Gasteiger partial charge in [0.25, 0.3) is 0 Å². The fourth-order valence-corrected chi connectivity index (χ4v) is 4.09. The lowest BCUT2D eigenvalue weighted by Gasteiger charge is -2.09. The van der Waals surface area contributed by atoms with Gasteiger partial charge >= 0.3 is 0 Å². The van der Waals surface area contributed by atoms with E-state index in [1.54, 1.807) is 6.07 Å². The zero-order chi connectivity index (χ0) is 20.2. The number of imidazole rings is 1. The van der Waals surface area contributed by atoms with Crippen molar-refractivity contribution in [1.29, 1.82) is 0 Å². The summed E-state index contributed by atoms with van der Waals surface area (Å²) in [7, 11) is 0. The molecule has 0 aliphatic carbocycles. The van der Waals surface area contributed by atoms with Gasteiger partial charge in [0.2, 0.25) is 0 Å². The Balaban J connectivity index is 1.75. The van der Waals surface area contributed by atoms with Gasteiger partial charge in [-0.05, 0) is 42.8 Å². The first-order chi connectivity index (χ1) is 14.7. The normalized spacial score (nSPS) is 11.7. The summed E-state index contributed by atoms with van der Waals surface area (Å²) >= 11 is 0. The number of nitrogens with zero attached hydrogens (tertiary/aromatic N) is 3. The fraction of sp³-hybridized carbons (Fsp3) is 0.0400. The number of benzene rings is 3. The third kappa shape index (κ3) is 2.38. The molecule has 0 fully saturated rings. The van der Waals surface area contributed by atoms with E-state index in [0.717, 1.165) is 44.4 Å². The number of furan rings is 1. The topological polar surface area (TPSA) is 43.9 Å². The highest BCUT2D eigenvalue weighted by molar-refractivity contribution is 6.09. The lowest BCUT2D eigenvalue weighted by Crippen LogP contribution is -1.97. The molecule has 0 radical (unpaired) electrons. The Morgan fingerprint density at radius 3 is 2.63 bits per heavy atom. The number of pyridine rings is 1. The van der Waals surface area contributed by atoms with Gasteiger partial charge in [-0.15, -0.1) is 0 Å². The number of aromatic nitrogens is 3. The Morgan fingerprint density at radius 2 is 1.77 bits per heavy atom. The first kappa shape index (κ1) is 16.9. The molecule has 0 aliphatic rings. The molecule has 0 unspecified atom stereocenters. The van der Waals surface area contributed by atoms with Crippen molar-refractivity contribution in [2.24, 2.45) is 0 Å². The number of hydrogen-bond acceptors (Lipinski definition) is 3. The number of fused-ring (bicyclic) bond motifs is 4. The van der Waals surface area contributed by atoms with Crippen LogP contribution in [-0.4, -0.2) is 14.5 Å². The molecule has 3 heterocycles. The highest BCUT2D eigenvalue weighted by atomic mass is 19.1. The van der Waals surface area contributed by atoms with Crippen LogP contribution < -0.4 is 0 Å². The van der Waals surface area contributed by atoms with Crippen molar-refractivity contribution in [2.75, 3.05) is 0 Å². The molecule has 4 nitrogen and oxygen atoms in total. The second-order valence-electron chi connectivity index (χ2n) is 7.36. The summed E-state index contributed by atoms with van der Waals surface area (Å²) in [6, 6.07) is 20.7. The first-order valence-corrected chi connectivity index (χ1v) is 9.70. The van der Waals surface area contributed by atoms with E-state index in [1.165, 1.54) is 12.1 Å². The Labute approximate surface area is 171 Å². The molecule has 5 heteroatoms. The van der Waals surface area contributed by atoms with Crippen LogP contribution in [0.15, 0.2) is 83.5 Å². The molecule has 0 amide bonds. The smallest absolute Gasteiger partial charge is 0.149 e.